The molecule has 0 fully saturated rings. The average Bonchev–Trinajstić information content (AvgIpc) is 1.80. The first-order chi connectivity index (χ1) is 5.44. The van der Waals surface area contributed by atoms with Gasteiger partial charge in [0.05, 0.1) is 0 Å². The predicted molar refractivity (Wildman–Crippen MR) is 39.7 cm³/mol. The lowest BCUT2D eigenvalue weighted by atomic mass is 10.1. The van der Waals surface area contributed by atoms with Crippen molar-refractivity contribution >= 4 is 38.0 Å². The molecule has 0 aromatic heterocycles. The van der Waals surface area contributed by atoms with Gasteiger partial charge in [0.25, 0.3) is 0 Å². The van der Waals surface area contributed by atoms with Crippen molar-refractivity contribution in [3.05, 3.63) is 0 Å². The Labute approximate surface area is 86.6 Å². The summed E-state index contributed by atoms with van der Waals surface area (Å²) in [5.74, 6) is 0. The standard InChI is InChI=1S/C4ClF6IO/c5-2(1(12)13,3(6,7)8)4(9,10)11. The van der Waals surface area contributed by atoms with Gasteiger partial charge in [0, 0.05) is 22.6 Å². The molecule has 0 aliphatic heterocycles. The molecule has 0 N–H and O–H groups in total. The second kappa shape index (κ2) is 3.44. The molecule has 0 heterocycles. The maximum Gasteiger partial charge on any atom is 0.424 e. The van der Waals surface area contributed by atoms with Crippen LogP contribution in [0, 0.1) is 0 Å². The Morgan fingerprint density at radius 1 is 1.00 bits per heavy atom. The van der Waals surface area contributed by atoms with Gasteiger partial charge in [-0.1, -0.05) is 11.6 Å². The monoisotopic (exact) mass is 340 g/mol. The van der Waals surface area contributed by atoms with Crippen LogP contribution >= 0.6 is 34.2 Å². The molecule has 0 rings (SSSR count). The lowest BCUT2D eigenvalue weighted by Gasteiger charge is -2.27. The third kappa shape index (κ3) is 2.20. The Bertz CT molecular complexity index is 206. The van der Waals surface area contributed by atoms with Crippen molar-refractivity contribution in [3.8, 4) is 0 Å². The first-order valence-electron chi connectivity index (χ1n) is 2.47. The second-order valence-electron chi connectivity index (χ2n) is 1.93. The summed E-state index contributed by atoms with van der Waals surface area (Å²) in [6.45, 7) is 0. The Kier molecular flexibility index (Phi) is 3.52. The zero-order valence-corrected chi connectivity index (χ0v) is 8.35. The highest BCUT2D eigenvalue weighted by atomic mass is 127. The second-order valence-corrected chi connectivity index (χ2v) is 3.47. The molecule has 78 valence electrons. The number of carbonyl (C=O) groups is 1. The molecule has 0 aromatic carbocycles. The fourth-order valence-corrected chi connectivity index (χ4v) is 0.995. The van der Waals surface area contributed by atoms with E-state index in [9.17, 15) is 31.1 Å². The highest BCUT2D eigenvalue weighted by Crippen LogP contribution is 2.49. The van der Waals surface area contributed by atoms with Crippen LogP contribution in [0.2, 0.25) is 0 Å². The van der Waals surface area contributed by atoms with E-state index >= 15 is 0 Å². The van der Waals surface area contributed by atoms with Crippen molar-refractivity contribution in [3.63, 3.8) is 0 Å². The van der Waals surface area contributed by atoms with E-state index in [1.165, 1.54) is 0 Å². The van der Waals surface area contributed by atoms with Crippen LogP contribution in [0.15, 0.2) is 0 Å². The van der Waals surface area contributed by atoms with Gasteiger partial charge in [-0.25, -0.2) is 0 Å². The molecule has 13 heavy (non-hydrogen) atoms. The van der Waals surface area contributed by atoms with Crippen molar-refractivity contribution in [2.75, 3.05) is 0 Å². The molecule has 0 radical (unpaired) electrons. The smallest absolute Gasteiger partial charge is 0.285 e. The molecule has 0 aliphatic rings. The van der Waals surface area contributed by atoms with Crippen LogP contribution in [0.1, 0.15) is 0 Å². The Hall–Kier alpha value is 0.270. The molecule has 0 spiro atoms. The molecule has 0 aliphatic carbocycles. The third-order valence-corrected chi connectivity index (χ3v) is 2.78. The molecule has 0 bridgehead atoms. The van der Waals surface area contributed by atoms with Crippen LogP contribution in [-0.2, 0) is 4.79 Å². The van der Waals surface area contributed by atoms with Gasteiger partial charge in [-0.2, -0.15) is 26.3 Å². The van der Waals surface area contributed by atoms with Crippen molar-refractivity contribution in [2.45, 2.75) is 17.2 Å². The van der Waals surface area contributed by atoms with Crippen LogP contribution in [0.25, 0.3) is 0 Å². The number of rotatable bonds is 1. The third-order valence-electron chi connectivity index (χ3n) is 1.05. The van der Waals surface area contributed by atoms with Crippen LogP contribution in [0.5, 0.6) is 0 Å². The van der Waals surface area contributed by atoms with Crippen LogP contribution in [0.4, 0.5) is 26.3 Å². The molecule has 0 saturated heterocycles. The highest BCUT2D eigenvalue weighted by Gasteiger charge is 2.74. The summed E-state index contributed by atoms with van der Waals surface area (Å²) in [5.41, 5.74) is 0. The van der Waals surface area contributed by atoms with Crippen LogP contribution < -0.4 is 0 Å². The van der Waals surface area contributed by atoms with Gasteiger partial charge < -0.3 is 0 Å². The molecule has 0 atom stereocenters. The maximum absolute atomic E-state index is 11.8. The number of halogens is 8. The van der Waals surface area contributed by atoms with Crippen LogP contribution in [-0.4, -0.2) is 21.0 Å². The SMILES string of the molecule is O=C(I)C(Cl)(C(F)(F)F)C(F)(F)F. The van der Waals surface area contributed by atoms with Gasteiger partial charge in [0.15, 0.2) is 0 Å². The van der Waals surface area contributed by atoms with E-state index in [4.69, 9.17) is 0 Å². The Morgan fingerprint density at radius 3 is 1.23 bits per heavy atom. The fourth-order valence-electron chi connectivity index (χ4n) is 0.384. The summed E-state index contributed by atoms with van der Waals surface area (Å²) in [6, 6.07) is 0. The highest BCUT2D eigenvalue weighted by molar-refractivity contribution is 14.1. The lowest BCUT2D eigenvalue weighted by molar-refractivity contribution is -0.255. The summed E-state index contributed by atoms with van der Waals surface area (Å²) in [5, 5.41) is 0. The van der Waals surface area contributed by atoms with E-state index in [0.717, 1.165) is 0 Å². The summed E-state index contributed by atoms with van der Waals surface area (Å²) >= 11 is 4.58. The topological polar surface area (TPSA) is 17.1 Å². The predicted octanol–water partition coefficient (Wildman–Crippen LogP) is 3.05. The summed E-state index contributed by atoms with van der Waals surface area (Å²) < 4.78 is 68.4. The van der Waals surface area contributed by atoms with Crippen molar-refractivity contribution in [2.24, 2.45) is 0 Å². The molecule has 1 nitrogen and oxygen atoms in total. The van der Waals surface area contributed by atoms with E-state index in [-0.39, 0.29) is 0 Å². The maximum atomic E-state index is 11.8. The summed E-state index contributed by atoms with van der Waals surface area (Å²) in [7, 11) is 0. The van der Waals surface area contributed by atoms with Crippen molar-refractivity contribution < 1.29 is 31.1 Å². The zero-order chi connectivity index (χ0) is 11.1. The molecule has 0 amide bonds. The Balaban J connectivity index is 5.35. The van der Waals surface area contributed by atoms with Gasteiger partial charge in [0.2, 0.25) is 3.79 Å². The zero-order valence-electron chi connectivity index (χ0n) is 5.43. The van der Waals surface area contributed by atoms with Gasteiger partial charge in [0.1, 0.15) is 0 Å². The molecule has 9 heteroatoms. The van der Waals surface area contributed by atoms with Crippen LogP contribution in [0.3, 0.4) is 0 Å². The first-order valence-corrected chi connectivity index (χ1v) is 3.92. The van der Waals surface area contributed by atoms with Gasteiger partial charge in [-0.05, 0) is 0 Å². The van der Waals surface area contributed by atoms with Gasteiger partial charge in [-0.15, -0.1) is 0 Å². The number of hydrogen-bond acceptors (Lipinski definition) is 1. The van der Waals surface area contributed by atoms with E-state index in [1.807, 2.05) is 0 Å². The minimum atomic E-state index is -5.86. The van der Waals surface area contributed by atoms with E-state index < -0.39 is 21.0 Å². The largest absolute Gasteiger partial charge is 0.424 e. The minimum absolute atomic E-state index is 0.361. The number of carbonyl (C=O) groups excluding carboxylic acids is 1. The van der Waals surface area contributed by atoms with E-state index in [0.29, 0.717) is 22.6 Å². The van der Waals surface area contributed by atoms with E-state index in [1.54, 1.807) is 0 Å². The van der Waals surface area contributed by atoms with Gasteiger partial charge in [-0.3, -0.25) is 4.79 Å². The fraction of sp³-hybridized carbons (Fsp3) is 0.750. The summed E-state index contributed by atoms with van der Waals surface area (Å²) in [4.78, 5) is 5.37. The molecular formula is C4ClF6IO. The Morgan fingerprint density at radius 2 is 1.23 bits per heavy atom. The van der Waals surface area contributed by atoms with Crippen molar-refractivity contribution in [1.29, 1.82) is 0 Å². The van der Waals surface area contributed by atoms with E-state index in [2.05, 4.69) is 11.6 Å². The molecule has 0 aromatic rings. The minimum Gasteiger partial charge on any atom is -0.285 e. The quantitative estimate of drug-likeness (QED) is 0.310. The molecular weight excluding hydrogens is 340 g/mol. The average molecular weight is 340 g/mol. The molecule has 0 saturated carbocycles. The first kappa shape index (κ1) is 13.3. The lowest BCUT2D eigenvalue weighted by Crippen LogP contribution is -2.56. The summed E-state index contributed by atoms with van der Waals surface area (Å²) in [6.07, 6.45) is -11.7. The van der Waals surface area contributed by atoms with Gasteiger partial charge >= 0.3 is 17.2 Å². The number of hydrogen-bond donors (Lipinski definition) is 0. The normalized spacial score (nSPS) is 14.5. The molecule has 0 unspecified atom stereocenters. The number of alkyl halides is 7. The van der Waals surface area contributed by atoms with Crippen molar-refractivity contribution in [1.82, 2.24) is 0 Å².